The molecule has 0 saturated heterocycles. The van der Waals surface area contributed by atoms with E-state index in [1.807, 2.05) is 0 Å². The van der Waals surface area contributed by atoms with E-state index in [0.717, 1.165) is 37.0 Å². The first-order valence-corrected chi connectivity index (χ1v) is 6.99. The van der Waals surface area contributed by atoms with Gasteiger partial charge < -0.3 is 10.1 Å². The Morgan fingerprint density at radius 1 is 1.29 bits per heavy atom. The van der Waals surface area contributed by atoms with Gasteiger partial charge >= 0.3 is 0 Å². The molecule has 0 aromatic heterocycles. The van der Waals surface area contributed by atoms with Crippen LogP contribution in [-0.4, -0.2) is 26.8 Å². The van der Waals surface area contributed by atoms with Crippen LogP contribution in [0.4, 0.5) is 0 Å². The van der Waals surface area contributed by atoms with Crippen molar-refractivity contribution < 1.29 is 4.74 Å². The highest BCUT2D eigenvalue weighted by atomic mass is 79.9. The number of hydrogen-bond acceptors (Lipinski definition) is 2. The Morgan fingerprint density at radius 2 is 2.00 bits per heavy atom. The molecule has 0 fully saturated rings. The van der Waals surface area contributed by atoms with E-state index in [9.17, 15) is 0 Å². The molecule has 0 spiro atoms. The third kappa shape index (κ3) is 6.20. The van der Waals surface area contributed by atoms with Gasteiger partial charge in [0.2, 0.25) is 0 Å². The lowest BCUT2D eigenvalue weighted by molar-refractivity contribution is 0.176. The summed E-state index contributed by atoms with van der Waals surface area (Å²) in [7, 11) is 1.77. The molecule has 1 unspecified atom stereocenters. The predicted molar refractivity (Wildman–Crippen MR) is 76.4 cm³/mol. The summed E-state index contributed by atoms with van der Waals surface area (Å²) in [6, 6.07) is 8.59. The molecule has 17 heavy (non-hydrogen) atoms. The highest BCUT2D eigenvalue weighted by Crippen LogP contribution is 2.15. The monoisotopic (exact) mass is 299 g/mol. The lowest BCUT2D eigenvalue weighted by atomic mass is 9.96. The molecule has 1 N–H and O–H groups in total. The molecule has 1 aromatic carbocycles. The van der Waals surface area contributed by atoms with Crippen LogP contribution in [0, 0.1) is 5.92 Å². The summed E-state index contributed by atoms with van der Waals surface area (Å²) >= 11 is 3.46. The Morgan fingerprint density at radius 3 is 2.59 bits per heavy atom. The van der Waals surface area contributed by atoms with Crippen LogP contribution in [0.3, 0.4) is 0 Å². The molecule has 0 heterocycles. The van der Waals surface area contributed by atoms with Gasteiger partial charge in [0.25, 0.3) is 0 Å². The minimum atomic E-state index is 0.649. The average Bonchev–Trinajstić information content (AvgIpc) is 2.35. The fraction of sp³-hybridized carbons (Fsp3) is 0.571. The third-order valence-electron chi connectivity index (χ3n) is 2.85. The molecule has 3 heteroatoms. The van der Waals surface area contributed by atoms with Crippen molar-refractivity contribution in [1.29, 1.82) is 0 Å². The van der Waals surface area contributed by atoms with E-state index < -0.39 is 0 Å². The summed E-state index contributed by atoms with van der Waals surface area (Å²) in [5.74, 6) is 0.649. The first kappa shape index (κ1) is 14.7. The van der Waals surface area contributed by atoms with Gasteiger partial charge in [0.15, 0.2) is 0 Å². The molecule has 1 atom stereocenters. The molecule has 0 amide bonds. The number of rotatable bonds is 8. The van der Waals surface area contributed by atoms with E-state index in [1.54, 1.807) is 7.11 Å². The Balaban J connectivity index is 2.48. The van der Waals surface area contributed by atoms with Crippen molar-refractivity contribution in [3.63, 3.8) is 0 Å². The van der Waals surface area contributed by atoms with Crippen molar-refractivity contribution in [3.8, 4) is 0 Å². The topological polar surface area (TPSA) is 21.3 Å². The van der Waals surface area contributed by atoms with Gasteiger partial charge in [-0.2, -0.15) is 0 Å². The van der Waals surface area contributed by atoms with Crippen LogP contribution in [0.1, 0.15) is 18.9 Å². The molecule has 0 aliphatic rings. The number of nitrogens with one attached hydrogen (secondary N) is 1. The second kappa shape index (κ2) is 8.67. The lowest BCUT2D eigenvalue weighted by Gasteiger charge is -2.17. The Labute approximate surface area is 113 Å². The quantitative estimate of drug-likeness (QED) is 0.795. The van der Waals surface area contributed by atoms with Crippen LogP contribution in [0.2, 0.25) is 0 Å². The number of hydrogen-bond donors (Lipinski definition) is 1. The second-order valence-electron chi connectivity index (χ2n) is 4.29. The molecule has 1 rings (SSSR count). The van der Waals surface area contributed by atoms with Crippen LogP contribution in [0.5, 0.6) is 0 Å². The van der Waals surface area contributed by atoms with Gasteiger partial charge in [-0.3, -0.25) is 0 Å². The molecular weight excluding hydrogens is 278 g/mol. The molecule has 0 aliphatic heterocycles. The summed E-state index contributed by atoms with van der Waals surface area (Å²) in [6.45, 7) is 5.08. The molecular formula is C14H22BrNO. The van der Waals surface area contributed by atoms with E-state index in [1.165, 1.54) is 5.56 Å². The lowest BCUT2D eigenvalue weighted by Crippen LogP contribution is -2.25. The summed E-state index contributed by atoms with van der Waals surface area (Å²) < 4.78 is 6.31. The van der Waals surface area contributed by atoms with E-state index in [-0.39, 0.29) is 0 Å². The molecule has 0 bridgehead atoms. The van der Waals surface area contributed by atoms with Crippen molar-refractivity contribution in [3.05, 3.63) is 34.3 Å². The van der Waals surface area contributed by atoms with Gasteiger partial charge in [-0.25, -0.2) is 0 Å². The molecule has 0 aliphatic carbocycles. The van der Waals surface area contributed by atoms with Crippen LogP contribution < -0.4 is 5.32 Å². The van der Waals surface area contributed by atoms with Crippen molar-refractivity contribution in [2.75, 3.05) is 26.8 Å². The van der Waals surface area contributed by atoms with Gasteiger partial charge in [-0.1, -0.05) is 35.0 Å². The molecule has 96 valence electrons. The molecule has 1 aromatic rings. The first-order valence-electron chi connectivity index (χ1n) is 6.20. The number of benzene rings is 1. The second-order valence-corrected chi connectivity index (χ2v) is 5.20. The molecule has 0 radical (unpaired) electrons. The van der Waals surface area contributed by atoms with Gasteiger partial charge in [0.1, 0.15) is 0 Å². The number of ether oxygens (including phenoxy) is 1. The Bertz CT molecular complexity index is 292. The summed E-state index contributed by atoms with van der Waals surface area (Å²) in [4.78, 5) is 0. The van der Waals surface area contributed by atoms with Gasteiger partial charge in [-0.05, 0) is 49.5 Å². The fourth-order valence-corrected chi connectivity index (χ4v) is 2.13. The van der Waals surface area contributed by atoms with Crippen LogP contribution in [0.15, 0.2) is 28.7 Å². The fourth-order valence-electron chi connectivity index (χ4n) is 1.86. The van der Waals surface area contributed by atoms with E-state index in [0.29, 0.717) is 5.92 Å². The highest BCUT2D eigenvalue weighted by Gasteiger charge is 2.09. The molecule has 0 saturated carbocycles. The molecule has 2 nitrogen and oxygen atoms in total. The van der Waals surface area contributed by atoms with Crippen molar-refractivity contribution in [2.24, 2.45) is 5.92 Å². The minimum absolute atomic E-state index is 0.649. The predicted octanol–water partition coefficient (Wildman–Crippen LogP) is 3.25. The standard InChI is InChI=1S/C14H22BrNO/c1-3-16-11-13(8-9-17-2)10-12-4-6-14(15)7-5-12/h4-7,13,16H,3,8-11H2,1-2H3. The zero-order valence-electron chi connectivity index (χ0n) is 10.7. The van der Waals surface area contributed by atoms with E-state index >= 15 is 0 Å². The van der Waals surface area contributed by atoms with Crippen LogP contribution in [0.25, 0.3) is 0 Å². The van der Waals surface area contributed by atoms with Crippen molar-refractivity contribution >= 4 is 15.9 Å². The minimum Gasteiger partial charge on any atom is -0.385 e. The third-order valence-corrected chi connectivity index (χ3v) is 3.38. The number of halogens is 1. The Hall–Kier alpha value is -0.380. The van der Waals surface area contributed by atoms with E-state index in [2.05, 4.69) is 52.4 Å². The largest absolute Gasteiger partial charge is 0.385 e. The van der Waals surface area contributed by atoms with E-state index in [4.69, 9.17) is 4.74 Å². The van der Waals surface area contributed by atoms with Crippen LogP contribution in [-0.2, 0) is 11.2 Å². The summed E-state index contributed by atoms with van der Waals surface area (Å²) in [6.07, 6.45) is 2.23. The summed E-state index contributed by atoms with van der Waals surface area (Å²) in [5.41, 5.74) is 1.40. The average molecular weight is 300 g/mol. The van der Waals surface area contributed by atoms with Gasteiger partial charge in [-0.15, -0.1) is 0 Å². The zero-order valence-corrected chi connectivity index (χ0v) is 12.3. The number of methoxy groups -OCH3 is 1. The normalized spacial score (nSPS) is 12.6. The SMILES string of the molecule is CCNCC(CCOC)Cc1ccc(Br)cc1. The first-order chi connectivity index (χ1) is 8.26. The summed E-state index contributed by atoms with van der Waals surface area (Å²) in [5, 5.41) is 3.42. The highest BCUT2D eigenvalue weighted by molar-refractivity contribution is 9.10. The van der Waals surface area contributed by atoms with Gasteiger partial charge in [0, 0.05) is 18.2 Å². The van der Waals surface area contributed by atoms with Gasteiger partial charge in [0.05, 0.1) is 0 Å². The Kier molecular flexibility index (Phi) is 7.49. The zero-order chi connectivity index (χ0) is 12.5. The van der Waals surface area contributed by atoms with Crippen molar-refractivity contribution in [2.45, 2.75) is 19.8 Å². The van der Waals surface area contributed by atoms with Crippen LogP contribution >= 0.6 is 15.9 Å². The maximum absolute atomic E-state index is 5.17. The smallest absolute Gasteiger partial charge is 0.0465 e. The maximum atomic E-state index is 5.17. The van der Waals surface area contributed by atoms with Crippen molar-refractivity contribution in [1.82, 2.24) is 5.32 Å². The maximum Gasteiger partial charge on any atom is 0.0465 e.